The summed E-state index contributed by atoms with van der Waals surface area (Å²) < 4.78 is 0. The number of hydrogen-bond acceptors (Lipinski definition) is 2. The van der Waals surface area contributed by atoms with E-state index in [1.54, 1.807) is 0 Å². The lowest BCUT2D eigenvalue weighted by Crippen LogP contribution is -2.41. The van der Waals surface area contributed by atoms with E-state index in [-0.39, 0.29) is 5.54 Å². The van der Waals surface area contributed by atoms with Crippen LogP contribution in [0.15, 0.2) is 0 Å². The van der Waals surface area contributed by atoms with E-state index < -0.39 is 0 Å². The molecule has 0 heterocycles. The highest BCUT2D eigenvalue weighted by Crippen LogP contribution is 2.33. The monoisotopic (exact) mass is 198 g/mol. The zero-order valence-electron chi connectivity index (χ0n) is 10.1. The van der Waals surface area contributed by atoms with Crippen molar-refractivity contribution < 1.29 is 0 Å². The Morgan fingerprint density at radius 3 is 2.14 bits per heavy atom. The van der Waals surface area contributed by atoms with Crippen molar-refractivity contribution in [3.05, 3.63) is 0 Å². The first-order valence-electron chi connectivity index (χ1n) is 6.14. The van der Waals surface area contributed by atoms with Crippen LogP contribution in [-0.4, -0.2) is 30.1 Å². The van der Waals surface area contributed by atoms with E-state index in [0.29, 0.717) is 0 Å². The fraction of sp³-hybridized carbons (Fsp3) is 1.00. The normalized spacial score (nSPS) is 19.3. The van der Waals surface area contributed by atoms with E-state index in [2.05, 4.69) is 25.7 Å². The molecule has 2 heteroatoms. The van der Waals surface area contributed by atoms with Gasteiger partial charge in [0.1, 0.15) is 0 Å². The van der Waals surface area contributed by atoms with Crippen molar-refractivity contribution in [1.82, 2.24) is 4.90 Å². The Hall–Kier alpha value is -0.0800. The molecule has 0 saturated heterocycles. The predicted octanol–water partition coefficient (Wildman–Crippen LogP) is 2.24. The second-order valence-corrected chi connectivity index (χ2v) is 4.87. The average Bonchev–Trinajstić information content (AvgIpc) is 2.91. The molecule has 0 aromatic heterocycles. The molecule has 0 aromatic rings. The van der Waals surface area contributed by atoms with Gasteiger partial charge in [-0.05, 0) is 25.3 Å². The Bertz CT molecular complexity index is 160. The molecule has 0 amide bonds. The molecule has 0 spiro atoms. The van der Waals surface area contributed by atoms with Gasteiger partial charge in [-0.15, -0.1) is 0 Å². The van der Waals surface area contributed by atoms with Crippen LogP contribution >= 0.6 is 0 Å². The highest BCUT2D eigenvalue weighted by atomic mass is 15.2. The molecule has 1 fully saturated rings. The summed E-state index contributed by atoms with van der Waals surface area (Å²) in [5, 5.41) is 0. The molecule has 0 unspecified atom stereocenters. The smallest absolute Gasteiger partial charge is 0.0284 e. The van der Waals surface area contributed by atoms with E-state index in [9.17, 15) is 0 Å². The molecule has 1 aliphatic carbocycles. The van der Waals surface area contributed by atoms with Crippen LogP contribution in [0.5, 0.6) is 0 Å². The van der Waals surface area contributed by atoms with Crippen LogP contribution in [0.2, 0.25) is 0 Å². The zero-order valence-corrected chi connectivity index (χ0v) is 10.1. The van der Waals surface area contributed by atoms with Gasteiger partial charge in [-0.1, -0.05) is 33.6 Å². The minimum Gasteiger partial charge on any atom is -0.324 e. The van der Waals surface area contributed by atoms with Crippen LogP contribution in [0, 0.1) is 5.92 Å². The van der Waals surface area contributed by atoms with Gasteiger partial charge in [0.25, 0.3) is 0 Å². The van der Waals surface area contributed by atoms with Crippen molar-refractivity contribution >= 4 is 0 Å². The van der Waals surface area contributed by atoms with E-state index in [4.69, 9.17) is 5.73 Å². The van der Waals surface area contributed by atoms with Gasteiger partial charge >= 0.3 is 0 Å². The Morgan fingerprint density at radius 1 is 1.21 bits per heavy atom. The molecule has 0 aromatic carbocycles. The van der Waals surface area contributed by atoms with Crippen molar-refractivity contribution in [3.8, 4) is 0 Å². The molecular weight excluding hydrogens is 172 g/mol. The largest absolute Gasteiger partial charge is 0.324 e. The molecule has 2 nitrogen and oxygen atoms in total. The maximum absolute atomic E-state index is 6.14. The number of likely N-dealkylation sites (N-methyl/N-ethyl adjacent to an activating group) is 1. The summed E-state index contributed by atoms with van der Waals surface area (Å²) in [5.74, 6) is 0.859. The van der Waals surface area contributed by atoms with Crippen LogP contribution in [0.3, 0.4) is 0 Å². The minimum absolute atomic E-state index is 0.183. The summed E-state index contributed by atoms with van der Waals surface area (Å²) in [4.78, 5) is 2.53. The summed E-state index contributed by atoms with van der Waals surface area (Å²) in [6.45, 7) is 10.3. The highest BCUT2D eigenvalue weighted by Gasteiger charge is 2.39. The van der Waals surface area contributed by atoms with E-state index in [1.807, 2.05) is 0 Å². The Morgan fingerprint density at radius 2 is 1.79 bits per heavy atom. The first-order chi connectivity index (χ1) is 6.63. The van der Waals surface area contributed by atoms with Gasteiger partial charge in [0.2, 0.25) is 0 Å². The Kier molecular flexibility index (Phi) is 4.39. The molecule has 2 N–H and O–H groups in total. The number of nitrogens with two attached hydrogens (primary N) is 1. The lowest BCUT2D eigenvalue weighted by atomic mass is 10.0. The third kappa shape index (κ3) is 3.58. The van der Waals surface area contributed by atoms with E-state index in [0.717, 1.165) is 19.0 Å². The van der Waals surface area contributed by atoms with Gasteiger partial charge in [-0.3, -0.25) is 0 Å². The van der Waals surface area contributed by atoms with Crippen LogP contribution in [-0.2, 0) is 0 Å². The van der Waals surface area contributed by atoms with Gasteiger partial charge in [0, 0.05) is 18.6 Å². The van der Waals surface area contributed by atoms with Crippen LogP contribution in [0.25, 0.3) is 0 Å². The summed E-state index contributed by atoms with van der Waals surface area (Å²) in [5.41, 5.74) is 6.32. The van der Waals surface area contributed by atoms with E-state index in [1.165, 1.54) is 32.2 Å². The first-order valence-corrected chi connectivity index (χ1v) is 6.14. The van der Waals surface area contributed by atoms with E-state index >= 15 is 0 Å². The fourth-order valence-electron chi connectivity index (χ4n) is 1.98. The topological polar surface area (TPSA) is 29.3 Å². The summed E-state index contributed by atoms with van der Waals surface area (Å²) in [6.07, 6.45) is 5.05. The van der Waals surface area contributed by atoms with Gasteiger partial charge < -0.3 is 10.6 Å². The zero-order chi connectivity index (χ0) is 10.6. The van der Waals surface area contributed by atoms with Gasteiger partial charge in [0.15, 0.2) is 0 Å². The van der Waals surface area contributed by atoms with Crippen LogP contribution < -0.4 is 5.73 Å². The van der Waals surface area contributed by atoms with Gasteiger partial charge in [0.05, 0.1) is 0 Å². The number of rotatable bonds is 7. The molecule has 0 atom stereocenters. The summed E-state index contributed by atoms with van der Waals surface area (Å²) in [6, 6.07) is 0. The number of nitrogens with zero attached hydrogens (tertiary/aromatic N) is 1. The third-order valence-electron chi connectivity index (χ3n) is 3.55. The molecule has 0 aliphatic heterocycles. The molecule has 1 saturated carbocycles. The highest BCUT2D eigenvalue weighted by molar-refractivity contribution is 5.01. The van der Waals surface area contributed by atoms with Crippen molar-refractivity contribution in [3.63, 3.8) is 0 Å². The lowest BCUT2D eigenvalue weighted by molar-refractivity contribution is 0.216. The molecule has 0 radical (unpaired) electrons. The molecule has 14 heavy (non-hydrogen) atoms. The van der Waals surface area contributed by atoms with Crippen molar-refractivity contribution in [2.45, 2.75) is 52.0 Å². The second kappa shape index (κ2) is 5.13. The van der Waals surface area contributed by atoms with Gasteiger partial charge in [-0.25, -0.2) is 0 Å². The minimum atomic E-state index is 0.183. The molecule has 0 bridgehead atoms. The lowest BCUT2D eigenvalue weighted by Gasteiger charge is -2.27. The van der Waals surface area contributed by atoms with Gasteiger partial charge in [-0.2, -0.15) is 0 Å². The second-order valence-electron chi connectivity index (χ2n) is 4.87. The van der Waals surface area contributed by atoms with Crippen molar-refractivity contribution in [1.29, 1.82) is 0 Å². The Balaban J connectivity index is 2.30. The maximum atomic E-state index is 6.14. The molecular formula is C12H26N2. The third-order valence-corrected chi connectivity index (χ3v) is 3.55. The standard InChI is InChI=1S/C12H26N2/c1-4-11(5-2)9-14(6-3)10-12(13)7-8-12/h11H,4-10,13H2,1-3H3. The fourth-order valence-corrected chi connectivity index (χ4v) is 1.98. The summed E-state index contributed by atoms with van der Waals surface area (Å²) in [7, 11) is 0. The maximum Gasteiger partial charge on any atom is 0.0284 e. The molecule has 1 aliphatic rings. The average molecular weight is 198 g/mol. The predicted molar refractivity (Wildman–Crippen MR) is 62.3 cm³/mol. The molecule has 84 valence electrons. The van der Waals surface area contributed by atoms with Crippen molar-refractivity contribution in [2.75, 3.05) is 19.6 Å². The summed E-state index contributed by atoms with van der Waals surface area (Å²) >= 11 is 0. The Labute approximate surface area is 88.8 Å². The van der Waals surface area contributed by atoms with Crippen LogP contribution in [0.1, 0.15) is 46.5 Å². The molecule has 1 rings (SSSR count). The quantitative estimate of drug-likeness (QED) is 0.680. The SMILES string of the molecule is CCC(CC)CN(CC)CC1(N)CC1. The number of hydrogen-bond donors (Lipinski definition) is 1. The first kappa shape index (κ1) is 12.0. The van der Waals surface area contributed by atoms with Crippen LogP contribution in [0.4, 0.5) is 0 Å². The van der Waals surface area contributed by atoms with Crippen molar-refractivity contribution in [2.24, 2.45) is 11.7 Å².